The number of carbonyl (C=O) groups excluding carboxylic acids is 1. The van der Waals surface area contributed by atoms with Gasteiger partial charge in [-0.1, -0.05) is 18.2 Å². The number of nitrogens with one attached hydrogen (secondary N) is 2. The summed E-state index contributed by atoms with van der Waals surface area (Å²) in [6.07, 6.45) is 0.403. The minimum absolute atomic E-state index is 0.149. The number of hydrazine groups is 1. The maximum atomic E-state index is 11.0. The highest BCUT2D eigenvalue weighted by molar-refractivity contribution is 5.75. The van der Waals surface area contributed by atoms with Crippen LogP contribution in [0.1, 0.15) is 6.42 Å². The van der Waals surface area contributed by atoms with Crippen molar-refractivity contribution < 1.29 is 10.1 Å². The number of nitrogens with two attached hydrogens (primary N) is 2. The highest BCUT2D eigenvalue weighted by atomic mass is 16.2. The molecule has 5 nitrogen and oxygen atoms in total. The number of amides is 1. The van der Waals surface area contributed by atoms with Crippen LogP contribution in [0.4, 0.5) is 17.1 Å². The molecule has 0 unspecified atom stereocenters. The lowest BCUT2D eigenvalue weighted by atomic mass is 10.2. The second-order valence-corrected chi connectivity index (χ2v) is 4.42. The zero-order valence-corrected chi connectivity index (χ0v) is 11.2. The van der Waals surface area contributed by atoms with Crippen LogP contribution in [-0.2, 0) is 4.79 Å². The van der Waals surface area contributed by atoms with Gasteiger partial charge in [-0.2, -0.15) is 0 Å². The molecule has 0 spiro atoms. The van der Waals surface area contributed by atoms with E-state index >= 15 is 0 Å². The lowest BCUT2D eigenvalue weighted by Crippen LogP contribution is -2.78. The molecule has 0 atom stereocenters. The van der Waals surface area contributed by atoms with E-state index in [4.69, 9.17) is 5.84 Å². The second-order valence-electron chi connectivity index (χ2n) is 4.42. The van der Waals surface area contributed by atoms with E-state index in [9.17, 15) is 4.79 Å². The molecule has 20 heavy (non-hydrogen) atoms. The van der Waals surface area contributed by atoms with Gasteiger partial charge in [0.05, 0.1) is 13.0 Å². The van der Waals surface area contributed by atoms with Gasteiger partial charge in [0, 0.05) is 23.5 Å². The number of carbonyl (C=O) groups is 1. The molecule has 2 rings (SSSR count). The van der Waals surface area contributed by atoms with Crippen molar-refractivity contribution in [1.29, 1.82) is 0 Å². The van der Waals surface area contributed by atoms with Crippen LogP contribution in [0.3, 0.4) is 0 Å². The molecule has 0 aliphatic carbocycles. The van der Waals surface area contributed by atoms with Gasteiger partial charge in [-0.3, -0.25) is 10.2 Å². The standard InChI is InChI=1S/C15H18N4O/c16-19-15(20)10-11-17-12-6-8-14(9-7-12)18-13-4-2-1-3-5-13/h1-9,17-18H,10-11,16H2,(H,19,20)/p+1. The lowest BCUT2D eigenvalue weighted by molar-refractivity contribution is -0.570. The fraction of sp³-hybridized carbons (Fsp3) is 0.133. The number of anilines is 2. The van der Waals surface area contributed by atoms with Gasteiger partial charge in [-0.05, 0) is 24.3 Å². The third-order valence-electron chi connectivity index (χ3n) is 2.89. The van der Waals surface area contributed by atoms with Crippen LogP contribution in [0.25, 0.3) is 0 Å². The van der Waals surface area contributed by atoms with Crippen molar-refractivity contribution in [1.82, 2.24) is 5.43 Å². The summed E-state index contributed by atoms with van der Waals surface area (Å²) >= 11 is 0. The topological polar surface area (TPSA) is 83.8 Å². The molecular formula is C15H19N4O+. The summed E-state index contributed by atoms with van der Waals surface area (Å²) in [5, 5.41) is 5.34. The molecule has 0 fully saturated rings. The molecule has 0 saturated heterocycles. The molecule has 0 heterocycles. The highest BCUT2D eigenvalue weighted by Crippen LogP contribution is 2.16. The van der Waals surface area contributed by atoms with Gasteiger partial charge >= 0.3 is 0 Å². The molecule has 2 aromatic rings. The Morgan fingerprint density at radius 1 is 1.00 bits per heavy atom. The number of hydrogen-bond acceptors (Lipinski definition) is 3. The smallest absolute Gasteiger partial charge is 0.239 e. The highest BCUT2D eigenvalue weighted by Gasteiger charge is 2.02. The molecule has 104 valence electrons. The van der Waals surface area contributed by atoms with Crippen molar-refractivity contribution in [2.75, 3.05) is 11.9 Å². The van der Waals surface area contributed by atoms with Crippen LogP contribution < -0.4 is 21.9 Å². The van der Waals surface area contributed by atoms with Crippen molar-refractivity contribution in [3.05, 3.63) is 54.6 Å². The van der Waals surface area contributed by atoms with Gasteiger partial charge in [0.2, 0.25) is 5.91 Å². The predicted molar refractivity (Wildman–Crippen MR) is 79.6 cm³/mol. The molecule has 0 aliphatic rings. The molecule has 0 radical (unpaired) electrons. The Morgan fingerprint density at radius 2 is 1.65 bits per heavy atom. The number of para-hydroxylation sites is 1. The normalized spacial score (nSPS) is 10.1. The zero-order chi connectivity index (χ0) is 14.2. The van der Waals surface area contributed by atoms with Gasteiger partial charge < -0.3 is 10.6 Å². The fourth-order valence-corrected chi connectivity index (χ4v) is 1.83. The first-order valence-electron chi connectivity index (χ1n) is 6.53. The monoisotopic (exact) mass is 271 g/mol. The Morgan fingerprint density at radius 3 is 2.30 bits per heavy atom. The van der Waals surface area contributed by atoms with Gasteiger partial charge in [0.1, 0.15) is 5.69 Å². The minimum Gasteiger partial charge on any atom is -0.356 e. The Kier molecular flexibility index (Phi) is 5.11. The van der Waals surface area contributed by atoms with Crippen LogP contribution in [-0.4, -0.2) is 12.5 Å². The van der Waals surface area contributed by atoms with E-state index in [1.807, 2.05) is 59.9 Å². The minimum atomic E-state index is -0.149. The summed E-state index contributed by atoms with van der Waals surface area (Å²) in [4.78, 5) is 11.0. The summed E-state index contributed by atoms with van der Waals surface area (Å²) in [7, 11) is 0. The van der Waals surface area contributed by atoms with Crippen molar-refractivity contribution in [3.8, 4) is 0 Å². The maximum absolute atomic E-state index is 11.0. The van der Waals surface area contributed by atoms with Crippen LogP contribution in [0.2, 0.25) is 0 Å². The van der Waals surface area contributed by atoms with E-state index in [1.165, 1.54) is 0 Å². The summed E-state index contributed by atoms with van der Waals surface area (Å²) in [5.74, 6) is 4.87. The molecule has 0 aliphatic heterocycles. The summed E-state index contributed by atoms with van der Waals surface area (Å²) in [5.41, 5.74) is 5.30. The third-order valence-corrected chi connectivity index (χ3v) is 2.89. The third kappa shape index (κ3) is 4.38. The molecule has 1 amide bonds. The average Bonchev–Trinajstić information content (AvgIpc) is 2.50. The summed E-state index contributed by atoms with van der Waals surface area (Å²) in [6, 6.07) is 18.1. The van der Waals surface area contributed by atoms with Gasteiger partial charge in [-0.25, -0.2) is 5.84 Å². The van der Waals surface area contributed by atoms with E-state index in [0.717, 1.165) is 17.1 Å². The summed E-state index contributed by atoms with van der Waals surface area (Å²) < 4.78 is 0. The van der Waals surface area contributed by atoms with Crippen LogP contribution in [0, 0.1) is 0 Å². The van der Waals surface area contributed by atoms with Crippen molar-refractivity contribution in [2.24, 2.45) is 5.84 Å². The number of quaternary nitrogens is 1. The zero-order valence-electron chi connectivity index (χ0n) is 11.2. The van der Waals surface area contributed by atoms with Crippen molar-refractivity contribution in [3.63, 3.8) is 0 Å². The lowest BCUT2D eigenvalue weighted by Gasteiger charge is -2.06. The Labute approximate surface area is 118 Å². The van der Waals surface area contributed by atoms with E-state index in [0.29, 0.717) is 13.0 Å². The summed E-state index contributed by atoms with van der Waals surface area (Å²) in [6.45, 7) is 0.675. The molecule has 0 aromatic heterocycles. The number of benzene rings is 2. The van der Waals surface area contributed by atoms with Crippen LogP contribution in [0.15, 0.2) is 54.6 Å². The number of hydrogen-bond donors (Lipinski definition) is 4. The first kappa shape index (κ1) is 14.0. The quantitative estimate of drug-likeness (QED) is 0.274. The van der Waals surface area contributed by atoms with E-state index < -0.39 is 0 Å². The first-order valence-corrected chi connectivity index (χ1v) is 6.53. The molecular weight excluding hydrogens is 252 g/mol. The molecule has 0 saturated carbocycles. The maximum Gasteiger partial charge on any atom is 0.239 e. The molecule has 5 heteroatoms. The predicted octanol–water partition coefficient (Wildman–Crippen LogP) is 1.01. The van der Waals surface area contributed by atoms with E-state index in [-0.39, 0.29) is 5.91 Å². The van der Waals surface area contributed by atoms with Crippen molar-refractivity contribution in [2.45, 2.75) is 6.42 Å². The Hall–Kier alpha value is -2.37. The van der Waals surface area contributed by atoms with E-state index in [2.05, 4.69) is 10.7 Å². The van der Waals surface area contributed by atoms with Crippen LogP contribution in [0.5, 0.6) is 0 Å². The Bertz CT molecular complexity index is 540. The van der Waals surface area contributed by atoms with Gasteiger partial charge in [0.25, 0.3) is 0 Å². The average molecular weight is 271 g/mol. The molecule has 2 aromatic carbocycles. The first-order chi connectivity index (χ1) is 9.78. The largest absolute Gasteiger partial charge is 0.356 e. The number of rotatable bonds is 6. The van der Waals surface area contributed by atoms with Gasteiger partial charge in [0.15, 0.2) is 0 Å². The SMILES string of the molecule is NNC(=O)CC[NH2+]c1ccc(Nc2ccccc2)cc1. The van der Waals surface area contributed by atoms with Crippen molar-refractivity contribution >= 4 is 23.0 Å². The van der Waals surface area contributed by atoms with Gasteiger partial charge in [-0.15, -0.1) is 0 Å². The van der Waals surface area contributed by atoms with E-state index in [1.54, 1.807) is 0 Å². The van der Waals surface area contributed by atoms with Crippen LogP contribution >= 0.6 is 0 Å². The Balaban J connectivity index is 1.85. The molecule has 0 bridgehead atoms. The molecule has 6 N–H and O–H groups in total. The fourth-order valence-electron chi connectivity index (χ4n) is 1.83. The second kappa shape index (κ2) is 7.28.